The molecular formula is C19H24FN3O3. The minimum absolute atomic E-state index is 0.147. The molecule has 2 aromatic rings. The molecular weight excluding hydrogens is 337 g/mol. The van der Waals surface area contributed by atoms with Crippen LogP contribution < -0.4 is 5.32 Å². The molecule has 0 bridgehead atoms. The number of hydrogen-bond donors (Lipinski definition) is 1. The third-order valence-corrected chi connectivity index (χ3v) is 4.63. The van der Waals surface area contributed by atoms with Gasteiger partial charge in [-0.15, -0.1) is 0 Å². The summed E-state index contributed by atoms with van der Waals surface area (Å²) in [7, 11) is 0. The highest BCUT2D eigenvalue weighted by Crippen LogP contribution is 2.19. The predicted molar refractivity (Wildman–Crippen MR) is 95.2 cm³/mol. The first kappa shape index (κ1) is 18.5. The molecule has 0 spiro atoms. The summed E-state index contributed by atoms with van der Waals surface area (Å²) in [5.41, 5.74) is 1.20. The Morgan fingerprint density at radius 3 is 2.62 bits per heavy atom. The third-order valence-electron chi connectivity index (χ3n) is 4.63. The van der Waals surface area contributed by atoms with Crippen molar-refractivity contribution < 1.29 is 18.4 Å². The number of rotatable bonds is 6. The summed E-state index contributed by atoms with van der Waals surface area (Å²) in [5, 5.41) is 6.84. The van der Waals surface area contributed by atoms with Crippen molar-refractivity contribution in [2.75, 3.05) is 32.8 Å². The molecule has 140 valence electrons. The number of aromatic nitrogens is 1. The molecule has 1 amide bonds. The maximum absolute atomic E-state index is 13.0. The second kappa shape index (κ2) is 8.42. The van der Waals surface area contributed by atoms with Gasteiger partial charge in [0.05, 0.1) is 13.2 Å². The van der Waals surface area contributed by atoms with E-state index in [1.807, 2.05) is 0 Å². The van der Waals surface area contributed by atoms with Gasteiger partial charge in [-0.1, -0.05) is 19.0 Å². The Labute approximate surface area is 152 Å². The lowest BCUT2D eigenvalue weighted by Crippen LogP contribution is -2.51. The van der Waals surface area contributed by atoms with Crippen molar-refractivity contribution in [1.29, 1.82) is 0 Å². The molecule has 2 heterocycles. The van der Waals surface area contributed by atoms with E-state index in [-0.39, 0.29) is 23.5 Å². The van der Waals surface area contributed by atoms with Crippen LogP contribution in [0.3, 0.4) is 0 Å². The SMILES string of the molecule is CC(C)[C@@H](CNC(=O)c1cc(-c2ccc(F)cc2)no1)N1CCOCC1. The smallest absolute Gasteiger partial charge is 0.289 e. The van der Waals surface area contributed by atoms with Crippen LogP contribution in [0.15, 0.2) is 34.9 Å². The van der Waals surface area contributed by atoms with Gasteiger partial charge in [0.15, 0.2) is 0 Å². The van der Waals surface area contributed by atoms with Crippen LogP contribution in [0.2, 0.25) is 0 Å². The van der Waals surface area contributed by atoms with E-state index in [1.165, 1.54) is 12.1 Å². The molecule has 1 aromatic heterocycles. The second-order valence-electron chi connectivity index (χ2n) is 6.75. The number of ether oxygens (including phenoxy) is 1. The molecule has 1 saturated heterocycles. The van der Waals surface area contributed by atoms with Gasteiger partial charge in [-0.25, -0.2) is 4.39 Å². The molecule has 26 heavy (non-hydrogen) atoms. The number of nitrogens with one attached hydrogen (secondary N) is 1. The van der Waals surface area contributed by atoms with Crippen molar-refractivity contribution in [1.82, 2.24) is 15.4 Å². The molecule has 1 N–H and O–H groups in total. The fraction of sp³-hybridized carbons (Fsp3) is 0.474. The van der Waals surface area contributed by atoms with E-state index in [0.29, 0.717) is 23.7 Å². The van der Waals surface area contributed by atoms with E-state index < -0.39 is 0 Å². The van der Waals surface area contributed by atoms with Gasteiger partial charge in [-0.2, -0.15) is 0 Å². The van der Waals surface area contributed by atoms with Crippen molar-refractivity contribution in [2.45, 2.75) is 19.9 Å². The normalized spacial score (nSPS) is 16.6. The Bertz CT molecular complexity index is 724. The Morgan fingerprint density at radius 2 is 1.96 bits per heavy atom. The van der Waals surface area contributed by atoms with Gasteiger partial charge in [0.2, 0.25) is 5.76 Å². The molecule has 0 aliphatic carbocycles. The summed E-state index contributed by atoms with van der Waals surface area (Å²) >= 11 is 0. The van der Waals surface area contributed by atoms with Crippen LogP contribution in [0.4, 0.5) is 4.39 Å². The lowest BCUT2D eigenvalue weighted by atomic mass is 10.0. The number of amides is 1. The Morgan fingerprint density at radius 1 is 1.27 bits per heavy atom. The van der Waals surface area contributed by atoms with Crippen LogP contribution in [0.25, 0.3) is 11.3 Å². The van der Waals surface area contributed by atoms with E-state index in [4.69, 9.17) is 9.26 Å². The van der Waals surface area contributed by atoms with Crippen molar-refractivity contribution in [3.63, 3.8) is 0 Å². The molecule has 3 rings (SSSR count). The van der Waals surface area contributed by atoms with Gasteiger partial charge in [0.25, 0.3) is 5.91 Å². The van der Waals surface area contributed by atoms with Crippen molar-refractivity contribution in [2.24, 2.45) is 5.92 Å². The van der Waals surface area contributed by atoms with Crippen LogP contribution in [0.1, 0.15) is 24.4 Å². The fourth-order valence-corrected chi connectivity index (χ4v) is 3.12. The van der Waals surface area contributed by atoms with Crippen LogP contribution in [-0.2, 0) is 4.74 Å². The molecule has 0 unspecified atom stereocenters. The van der Waals surface area contributed by atoms with Gasteiger partial charge in [-0.05, 0) is 30.2 Å². The molecule has 7 heteroatoms. The van der Waals surface area contributed by atoms with E-state index in [9.17, 15) is 9.18 Å². The van der Waals surface area contributed by atoms with Crippen molar-refractivity contribution >= 4 is 5.91 Å². The van der Waals surface area contributed by atoms with E-state index in [1.54, 1.807) is 18.2 Å². The molecule has 6 nitrogen and oxygen atoms in total. The molecule has 0 radical (unpaired) electrons. The number of carbonyl (C=O) groups is 1. The average Bonchev–Trinajstić information content (AvgIpc) is 3.13. The molecule has 1 aromatic carbocycles. The second-order valence-corrected chi connectivity index (χ2v) is 6.75. The number of benzene rings is 1. The van der Waals surface area contributed by atoms with Gasteiger partial charge in [-0.3, -0.25) is 9.69 Å². The highest BCUT2D eigenvalue weighted by molar-refractivity contribution is 5.92. The number of halogens is 1. The van der Waals surface area contributed by atoms with E-state index in [2.05, 4.69) is 29.2 Å². The van der Waals surface area contributed by atoms with Crippen molar-refractivity contribution in [3.8, 4) is 11.3 Å². The zero-order chi connectivity index (χ0) is 18.5. The Balaban J connectivity index is 1.61. The van der Waals surface area contributed by atoms with Crippen LogP contribution in [0.5, 0.6) is 0 Å². The number of carbonyl (C=O) groups excluding carboxylic acids is 1. The van der Waals surface area contributed by atoms with E-state index >= 15 is 0 Å². The minimum Gasteiger partial charge on any atom is -0.379 e. The highest BCUT2D eigenvalue weighted by Gasteiger charge is 2.25. The summed E-state index contributed by atoms with van der Waals surface area (Å²) in [6.45, 7) is 8.01. The van der Waals surface area contributed by atoms with Gasteiger partial charge in [0.1, 0.15) is 11.5 Å². The van der Waals surface area contributed by atoms with Crippen molar-refractivity contribution in [3.05, 3.63) is 41.9 Å². The molecule has 1 atom stereocenters. The fourth-order valence-electron chi connectivity index (χ4n) is 3.12. The monoisotopic (exact) mass is 361 g/mol. The summed E-state index contributed by atoms with van der Waals surface area (Å²) in [6.07, 6.45) is 0. The molecule has 1 aliphatic rings. The zero-order valence-electron chi connectivity index (χ0n) is 15.1. The predicted octanol–water partition coefficient (Wildman–Crippen LogP) is 2.57. The van der Waals surface area contributed by atoms with Crippen LogP contribution >= 0.6 is 0 Å². The molecule has 0 saturated carbocycles. The first-order valence-corrected chi connectivity index (χ1v) is 8.87. The number of morpholine rings is 1. The maximum Gasteiger partial charge on any atom is 0.289 e. The molecule has 1 aliphatic heterocycles. The first-order valence-electron chi connectivity index (χ1n) is 8.87. The number of nitrogens with zero attached hydrogens (tertiary/aromatic N) is 2. The summed E-state index contributed by atoms with van der Waals surface area (Å²) in [5.74, 6) is -0.0745. The maximum atomic E-state index is 13.0. The van der Waals surface area contributed by atoms with Gasteiger partial charge < -0.3 is 14.6 Å². The molecule has 1 fully saturated rings. The van der Waals surface area contributed by atoms with Crippen LogP contribution in [-0.4, -0.2) is 54.9 Å². The Kier molecular flexibility index (Phi) is 6.00. The minimum atomic E-state index is -0.321. The van der Waals surface area contributed by atoms with Gasteiger partial charge >= 0.3 is 0 Å². The summed E-state index contributed by atoms with van der Waals surface area (Å²) in [4.78, 5) is 14.8. The summed E-state index contributed by atoms with van der Waals surface area (Å²) in [6, 6.07) is 7.70. The topological polar surface area (TPSA) is 67.6 Å². The number of hydrogen-bond acceptors (Lipinski definition) is 5. The lowest BCUT2D eigenvalue weighted by Gasteiger charge is -2.36. The quantitative estimate of drug-likeness (QED) is 0.857. The summed E-state index contributed by atoms with van der Waals surface area (Å²) < 4.78 is 23.6. The Hall–Kier alpha value is -2.25. The van der Waals surface area contributed by atoms with E-state index in [0.717, 1.165) is 26.3 Å². The van der Waals surface area contributed by atoms with Crippen LogP contribution in [0, 0.1) is 11.7 Å². The van der Waals surface area contributed by atoms with Gasteiger partial charge in [0, 0.05) is 37.3 Å². The largest absolute Gasteiger partial charge is 0.379 e. The third kappa shape index (κ3) is 4.47. The average molecular weight is 361 g/mol. The first-order chi connectivity index (χ1) is 12.5. The lowest BCUT2D eigenvalue weighted by molar-refractivity contribution is 0.00664. The highest BCUT2D eigenvalue weighted by atomic mass is 19.1. The standard InChI is InChI=1S/C19H24FN3O3/c1-13(2)17(23-7-9-25-10-8-23)12-21-19(24)18-11-16(22-26-18)14-3-5-15(20)6-4-14/h3-6,11,13,17H,7-10,12H2,1-2H3,(H,21,24)/t17-/m1/s1. The zero-order valence-corrected chi connectivity index (χ0v) is 15.1.